The van der Waals surface area contributed by atoms with E-state index in [0.29, 0.717) is 0 Å². The molecule has 0 saturated carbocycles. The van der Waals surface area contributed by atoms with E-state index >= 15 is 0 Å². The van der Waals surface area contributed by atoms with Gasteiger partial charge in [-0.15, -0.1) is 0 Å². The maximum atomic E-state index is 13.7. The molecule has 2 rings (SSSR count). The van der Waals surface area contributed by atoms with Gasteiger partial charge in [0.05, 0.1) is 11.9 Å². The Morgan fingerprint density at radius 1 is 1.19 bits per heavy atom. The van der Waals surface area contributed by atoms with Crippen molar-refractivity contribution in [3.05, 3.63) is 53.6 Å². The highest BCUT2D eigenvalue weighted by atomic mass is 32.2. The second kappa shape index (κ2) is 5.70. The maximum absolute atomic E-state index is 13.7. The molecule has 2 aromatic rings. The average Bonchev–Trinajstić information content (AvgIpc) is 2.43. The number of anilines is 1. The summed E-state index contributed by atoms with van der Waals surface area (Å²) in [5.74, 6) is -3.86. The van der Waals surface area contributed by atoms with Crippen molar-refractivity contribution in [3.8, 4) is 0 Å². The lowest BCUT2D eigenvalue weighted by Gasteiger charge is -2.11. The topological polar surface area (TPSA) is 85.1 Å². The van der Waals surface area contributed by atoms with Crippen LogP contribution in [0.1, 0.15) is 5.56 Å². The molecule has 0 radical (unpaired) electrons. The Morgan fingerprint density at radius 2 is 1.90 bits per heavy atom. The SMILES string of the molecule is NCc1cc(F)c(F)c(S(=O)(=O)Nc2ccncc2F)c1. The van der Waals surface area contributed by atoms with E-state index in [2.05, 4.69) is 4.98 Å². The lowest BCUT2D eigenvalue weighted by atomic mass is 10.2. The molecular formula is C12H10F3N3O2S. The third kappa shape index (κ3) is 3.14. The molecule has 0 aliphatic rings. The van der Waals surface area contributed by atoms with Crippen molar-refractivity contribution in [2.75, 3.05) is 4.72 Å². The van der Waals surface area contributed by atoms with Crippen molar-refractivity contribution in [3.63, 3.8) is 0 Å². The van der Waals surface area contributed by atoms with Gasteiger partial charge in [0.15, 0.2) is 17.5 Å². The minimum atomic E-state index is -4.51. The monoisotopic (exact) mass is 317 g/mol. The molecule has 0 spiro atoms. The van der Waals surface area contributed by atoms with E-state index in [9.17, 15) is 21.6 Å². The molecule has 21 heavy (non-hydrogen) atoms. The van der Waals surface area contributed by atoms with Crippen LogP contribution in [0.15, 0.2) is 35.5 Å². The van der Waals surface area contributed by atoms with Crippen LogP contribution >= 0.6 is 0 Å². The number of nitrogens with zero attached hydrogens (tertiary/aromatic N) is 1. The van der Waals surface area contributed by atoms with Gasteiger partial charge in [-0.2, -0.15) is 0 Å². The van der Waals surface area contributed by atoms with Crippen LogP contribution in [-0.2, 0) is 16.6 Å². The first-order valence-corrected chi connectivity index (χ1v) is 7.14. The van der Waals surface area contributed by atoms with Crippen molar-refractivity contribution in [2.24, 2.45) is 5.73 Å². The van der Waals surface area contributed by atoms with Gasteiger partial charge in [-0.3, -0.25) is 9.71 Å². The van der Waals surface area contributed by atoms with E-state index in [0.717, 1.165) is 30.6 Å². The molecule has 1 aromatic carbocycles. The summed E-state index contributed by atoms with van der Waals surface area (Å²) in [7, 11) is -4.51. The van der Waals surface area contributed by atoms with Gasteiger partial charge >= 0.3 is 0 Å². The molecule has 1 heterocycles. The molecule has 0 amide bonds. The van der Waals surface area contributed by atoms with E-state index in [1.165, 1.54) is 0 Å². The van der Waals surface area contributed by atoms with Crippen LogP contribution in [0.4, 0.5) is 18.9 Å². The number of rotatable bonds is 4. The summed E-state index contributed by atoms with van der Waals surface area (Å²) in [6.07, 6.45) is 1.93. The van der Waals surface area contributed by atoms with Crippen LogP contribution in [0, 0.1) is 17.5 Å². The fourth-order valence-electron chi connectivity index (χ4n) is 1.59. The van der Waals surface area contributed by atoms with Crippen LogP contribution in [0.5, 0.6) is 0 Å². The number of aromatic nitrogens is 1. The van der Waals surface area contributed by atoms with Crippen molar-refractivity contribution < 1.29 is 21.6 Å². The predicted molar refractivity (Wildman–Crippen MR) is 69.3 cm³/mol. The van der Waals surface area contributed by atoms with Gasteiger partial charge in [0, 0.05) is 12.7 Å². The number of hydrogen-bond donors (Lipinski definition) is 2. The fourth-order valence-corrected chi connectivity index (χ4v) is 2.79. The van der Waals surface area contributed by atoms with E-state index < -0.39 is 38.1 Å². The third-order valence-corrected chi connectivity index (χ3v) is 3.96. The maximum Gasteiger partial charge on any atom is 0.265 e. The first kappa shape index (κ1) is 15.3. The lowest BCUT2D eigenvalue weighted by Crippen LogP contribution is -2.17. The number of hydrogen-bond acceptors (Lipinski definition) is 4. The van der Waals surface area contributed by atoms with E-state index in [4.69, 9.17) is 5.73 Å². The summed E-state index contributed by atoms with van der Waals surface area (Å²) in [6.45, 7) is -0.177. The second-order valence-corrected chi connectivity index (χ2v) is 5.71. The smallest absolute Gasteiger partial charge is 0.265 e. The molecule has 3 N–H and O–H groups in total. The molecule has 0 saturated heterocycles. The molecule has 1 aromatic heterocycles. The molecule has 5 nitrogen and oxygen atoms in total. The van der Waals surface area contributed by atoms with Gasteiger partial charge in [-0.05, 0) is 23.8 Å². The Kier molecular flexibility index (Phi) is 4.14. The fraction of sp³-hybridized carbons (Fsp3) is 0.0833. The van der Waals surface area contributed by atoms with Gasteiger partial charge in [0.1, 0.15) is 4.90 Å². The van der Waals surface area contributed by atoms with Crippen molar-refractivity contribution >= 4 is 15.7 Å². The van der Waals surface area contributed by atoms with Crippen molar-refractivity contribution in [1.82, 2.24) is 4.98 Å². The number of nitrogens with one attached hydrogen (secondary N) is 1. The Labute approximate surface area is 118 Å². The molecule has 0 aliphatic heterocycles. The van der Waals surface area contributed by atoms with Gasteiger partial charge in [0.2, 0.25) is 0 Å². The molecule has 0 aliphatic carbocycles. The standard InChI is InChI=1S/C12H10F3N3O2S/c13-8-3-7(5-16)4-11(12(8)15)21(19,20)18-10-1-2-17-6-9(10)14/h1-4,6H,5,16H2,(H,17,18). The van der Waals surface area contributed by atoms with Crippen LogP contribution in [-0.4, -0.2) is 13.4 Å². The number of sulfonamides is 1. The number of halogens is 3. The highest BCUT2D eigenvalue weighted by Gasteiger charge is 2.24. The molecule has 0 unspecified atom stereocenters. The van der Waals surface area contributed by atoms with Gasteiger partial charge < -0.3 is 5.73 Å². The average molecular weight is 317 g/mol. The van der Waals surface area contributed by atoms with Gasteiger partial charge in [-0.1, -0.05) is 0 Å². The largest absolute Gasteiger partial charge is 0.326 e. The molecule has 0 fully saturated rings. The van der Waals surface area contributed by atoms with E-state index in [1.54, 1.807) is 0 Å². The van der Waals surface area contributed by atoms with Gasteiger partial charge in [0.25, 0.3) is 10.0 Å². The summed E-state index contributed by atoms with van der Waals surface area (Å²) in [4.78, 5) is 2.50. The Hall–Kier alpha value is -2.13. The van der Waals surface area contributed by atoms with Crippen LogP contribution in [0.3, 0.4) is 0 Å². The van der Waals surface area contributed by atoms with Gasteiger partial charge in [-0.25, -0.2) is 21.6 Å². The number of nitrogens with two attached hydrogens (primary N) is 1. The van der Waals surface area contributed by atoms with Crippen molar-refractivity contribution in [1.29, 1.82) is 0 Å². The normalized spacial score (nSPS) is 11.4. The Bertz CT molecular complexity index is 781. The highest BCUT2D eigenvalue weighted by Crippen LogP contribution is 2.23. The van der Waals surface area contributed by atoms with Crippen LogP contribution < -0.4 is 10.5 Å². The summed E-state index contributed by atoms with van der Waals surface area (Å²) in [5.41, 5.74) is 4.94. The number of benzene rings is 1. The zero-order valence-corrected chi connectivity index (χ0v) is 11.3. The molecule has 0 bridgehead atoms. The zero-order chi connectivity index (χ0) is 15.6. The summed E-state index contributed by atoms with van der Waals surface area (Å²) >= 11 is 0. The first-order valence-electron chi connectivity index (χ1n) is 5.65. The molecule has 0 atom stereocenters. The summed E-state index contributed by atoms with van der Waals surface area (Å²) in [6, 6.07) is 2.73. The summed E-state index contributed by atoms with van der Waals surface area (Å²) in [5, 5.41) is 0. The lowest BCUT2D eigenvalue weighted by molar-refractivity contribution is 0.483. The first-order chi connectivity index (χ1) is 9.85. The quantitative estimate of drug-likeness (QED) is 0.900. The summed E-state index contributed by atoms with van der Waals surface area (Å²) < 4.78 is 66.4. The predicted octanol–water partition coefficient (Wildman–Crippen LogP) is 1.76. The Morgan fingerprint density at radius 3 is 2.52 bits per heavy atom. The number of pyridine rings is 1. The zero-order valence-electron chi connectivity index (χ0n) is 10.5. The molecular weight excluding hydrogens is 307 g/mol. The minimum Gasteiger partial charge on any atom is -0.326 e. The second-order valence-electron chi connectivity index (χ2n) is 4.05. The van der Waals surface area contributed by atoms with E-state index in [1.807, 2.05) is 4.72 Å². The third-order valence-electron chi connectivity index (χ3n) is 2.60. The highest BCUT2D eigenvalue weighted by molar-refractivity contribution is 7.92. The van der Waals surface area contributed by atoms with Crippen molar-refractivity contribution in [2.45, 2.75) is 11.4 Å². The molecule has 9 heteroatoms. The minimum absolute atomic E-state index is 0.0875. The Balaban J connectivity index is 2.50. The molecule has 112 valence electrons. The van der Waals surface area contributed by atoms with E-state index in [-0.39, 0.29) is 12.1 Å². The van der Waals surface area contributed by atoms with Crippen LogP contribution in [0.25, 0.3) is 0 Å². The van der Waals surface area contributed by atoms with Crippen LogP contribution in [0.2, 0.25) is 0 Å².